The van der Waals surface area contributed by atoms with Crippen LogP contribution in [0.4, 0.5) is 5.82 Å². The zero-order valence-electron chi connectivity index (χ0n) is 45.1. The summed E-state index contributed by atoms with van der Waals surface area (Å²) in [5, 5.41) is 29.6. The van der Waals surface area contributed by atoms with E-state index in [0.717, 1.165) is 92.5 Å². The van der Waals surface area contributed by atoms with Crippen molar-refractivity contribution in [1.29, 1.82) is 5.26 Å². The number of piperazine rings is 1. The number of anilines is 1. The fourth-order valence-corrected chi connectivity index (χ4v) is 13.6. The molecule has 0 radical (unpaired) electrons. The first kappa shape index (κ1) is 52.9. The molecule has 1 aromatic heterocycles. The average Bonchev–Trinajstić information content (AvgIpc) is 3.96. The Balaban J connectivity index is 0.700. The van der Waals surface area contributed by atoms with E-state index in [1.54, 1.807) is 12.3 Å². The molecule has 0 bridgehead atoms. The number of carbonyl (C=O) groups is 4. The Morgan fingerprint density at radius 3 is 2.18 bits per heavy atom. The number of hydrogen-bond acceptors (Lipinski definition) is 12. The van der Waals surface area contributed by atoms with E-state index in [9.17, 15) is 29.5 Å². The summed E-state index contributed by atoms with van der Waals surface area (Å²) in [6, 6.07) is 18.9. The fourth-order valence-electron chi connectivity index (χ4n) is 13.6. The lowest BCUT2D eigenvalue weighted by Gasteiger charge is -2.63. The van der Waals surface area contributed by atoms with E-state index >= 15 is 0 Å². The quantitative estimate of drug-likeness (QED) is 0.122. The number of nitrogens with zero attached hydrogens (tertiary/aromatic N) is 6. The van der Waals surface area contributed by atoms with Crippen molar-refractivity contribution in [1.82, 2.24) is 30.7 Å². The molecule has 2 aromatic carbocycles. The van der Waals surface area contributed by atoms with Gasteiger partial charge in [-0.25, -0.2) is 4.98 Å². The van der Waals surface area contributed by atoms with E-state index < -0.39 is 29.4 Å². The predicted molar refractivity (Wildman–Crippen MR) is 286 cm³/mol. The van der Waals surface area contributed by atoms with Crippen LogP contribution < -0.4 is 25.6 Å². The number of ketones is 1. The van der Waals surface area contributed by atoms with Crippen LogP contribution in [0.3, 0.4) is 0 Å². The smallest absolute Gasteiger partial charge is 0.253 e. The molecule has 3 saturated carbocycles. The lowest BCUT2D eigenvalue weighted by atomic mass is 9.49. The maximum absolute atomic E-state index is 14.4. The number of benzene rings is 2. The number of carbonyl (C=O) groups excluding carboxylic acids is 4. The van der Waals surface area contributed by atoms with Crippen LogP contribution in [0.5, 0.6) is 5.75 Å². The molecule has 2 saturated heterocycles. The van der Waals surface area contributed by atoms with Crippen molar-refractivity contribution >= 4 is 41.1 Å². The van der Waals surface area contributed by atoms with Gasteiger partial charge in [0, 0.05) is 92.6 Å². The highest BCUT2D eigenvalue weighted by Crippen LogP contribution is 2.56. The second-order valence-electron chi connectivity index (χ2n) is 24.8. The van der Waals surface area contributed by atoms with Crippen LogP contribution >= 0.6 is 0 Å². The summed E-state index contributed by atoms with van der Waals surface area (Å²) in [5.74, 6) is -0.631. The van der Waals surface area contributed by atoms with Crippen LogP contribution in [-0.4, -0.2) is 126 Å². The maximum atomic E-state index is 14.4. The van der Waals surface area contributed by atoms with Gasteiger partial charge in [-0.15, -0.1) is 0 Å². The van der Waals surface area contributed by atoms with Crippen molar-refractivity contribution in [2.75, 3.05) is 50.7 Å². The van der Waals surface area contributed by atoms with Crippen LogP contribution in [0.25, 0.3) is 5.57 Å². The lowest BCUT2D eigenvalue weighted by Crippen LogP contribution is -2.74. The number of nitrogens with one attached hydrogen (secondary N) is 3. The highest BCUT2D eigenvalue weighted by molar-refractivity contribution is 5.96. The summed E-state index contributed by atoms with van der Waals surface area (Å²) in [6.07, 6.45) is 6.06. The standard InChI is InChI=1S/C59H77N9O6/c1-35-25-44(17-15-40(35)30-60)74-55-57(7,8)54(58(55,9)10)65-52(72)41-16-18-48(62-31-41)68-23-21-67(22-24-68)42-28-59(29-42)33-66(34-59)32-49(70)64-51(56(4,5)6)50(71)46-26-43(69)27-47(46)53(73)63-36(2)38-11-13-39(14-12-38)45-19-20-61-37(45)3/h11-18,20,25,31,36,42-43,46-47,51,54-55,69H,19,21-24,26-29,32-34H2,1-10H3,(H,63,73)(H,64,70)(H,65,72)/t36-,43-,46?,47?,51?,54?,55?/m0/s1. The van der Waals surface area contributed by atoms with Crippen molar-refractivity contribution in [3.8, 4) is 11.8 Å². The molecule has 394 valence electrons. The van der Waals surface area contributed by atoms with E-state index in [1.165, 1.54) is 5.57 Å². The Kier molecular flexibility index (Phi) is 14.5. The van der Waals surface area contributed by atoms with Gasteiger partial charge in [0.05, 0.1) is 47.8 Å². The second kappa shape index (κ2) is 20.3. The molecule has 5 fully saturated rings. The molecule has 1 spiro atoms. The largest absolute Gasteiger partial charge is 0.489 e. The van der Waals surface area contributed by atoms with Gasteiger partial charge >= 0.3 is 0 Å². The molecule has 3 unspecified atom stereocenters. The van der Waals surface area contributed by atoms with Crippen molar-refractivity contribution in [2.45, 2.75) is 138 Å². The van der Waals surface area contributed by atoms with E-state index in [0.29, 0.717) is 17.2 Å². The number of nitriles is 1. The third-order valence-electron chi connectivity index (χ3n) is 17.5. The van der Waals surface area contributed by atoms with Gasteiger partial charge in [-0.05, 0) is 110 Å². The Labute approximate surface area is 437 Å². The van der Waals surface area contributed by atoms with Crippen LogP contribution in [0.15, 0.2) is 71.5 Å². The van der Waals surface area contributed by atoms with Crippen LogP contribution in [-0.2, 0) is 14.4 Å². The number of aliphatic hydroxyl groups excluding tert-OH is 1. The van der Waals surface area contributed by atoms with Crippen molar-refractivity contribution in [2.24, 2.45) is 38.5 Å². The normalized spacial score (nSPS) is 26.0. The van der Waals surface area contributed by atoms with Gasteiger partial charge in [-0.1, -0.05) is 72.7 Å². The maximum Gasteiger partial charge on any atom is 0.253 e. The molecule has 3 aromatic rings. The number of aryl methyl sites for hydroxylation is 1. The number of likely N-dealkylation sites (tertiary alicyclic amines) is 1. The Hall–Kier alpha value is -5.95. The van der Waals surface area contributed by atoms with Gasteiger partial charge in [0.15, 0.2) is 5.78 Å². The number of Topliss-reactive ketones (excluding diaryl/α,β-unsaturated/α-hetero) is 1. The van der Waals surface area contributed by atoms with Gasteiger partial charge in [-0.2, -0.15) is 5.26 Å². The molecule has 15 heteroatoms. The molecule has 3 amide bonds. The number of amides is 3. The number of hydrogen-bond donors (Lipinski definition) is 4. The molecule has 5 atom stereocenters. The first-order valence-electron chi connectivity index (χ1n) is 26.8. The number of aliphatic imine (C=N–C) groups is 1. The zero-order valence-corrected chi connectivity index (χ0v) is 45.1. The molecule has 6 aliphatic rings. The number of aliphatic hydroxyl groups is 1. The highest BCUT2D eigenvalue weighted by atomic mass is 16.5. The van der Waals surface area contributed by atoms with Crippen LogP contribution in [0, 0.1) is 51.8 Å². The summed E-state index contributed by atoms with van der Waals surface area (Å²) >= 11 is 0. The summed E-state index contributed by atoms with van der Waals surface area (Å²) in [4.78, 5) is 71.6. The number of pyridine rings is 1. The summed E-state index contributed by atoms with van der Waals surface area (Å²) in [5.41, 5.74) is 5.22. The SMILES string of the molecule is CC1=C(c2ccc([C@H](C)NC(=O)C3C[C@@H](O)CC3C(=O)C(NC(=O)CN3CC4(CC(N5CCN(c6ccc(C(=O)NC7C(C)(C)C(Oc8ccc(C#N)c(C)c8)C7(C)C)cn6)CC5)C4)C3)C(C)(C)C)cc2)CC=N1. The fraction of sp³-hybridized carbons (Fsp3) is 0.576. The van der Waals surface area contributed by atoms with E-state index in [4.69, 9.17) is 9.72 Å². The number of aromatic nitrogens is 1. The third-order valence-corrected chi connectivity index (χ3v) is 17.5. The first-order valence-corrected chi connectivity index (χ1v) is 26.8. The molecule has 3 aliphatic carbocycles. The van der Waals surface area contributed by atoms with Crippen molar-refractivity contribution in [3.63, 3.8) is 0 Å². The minimum absolute atomic E-state index is 0.127. The lowest BCUT2D eigenvalue weighted by molar-refractivity contribution is -0.164. The third kappa shape index (κ3) is 10.5. The molecule has 3 aliphatic heterocycles. The van der Waals surface area contributed by atoms with E-state index in [2.05, 4.69) is 81.5 Å². The Bertz CT molecular complexity index is 2720. The van der Waals surface area contributed by atoms with Gasteiger partial charge in [0.1, 0.15) is 17.7 Å². The Morgan fingerprint density at radius 2 is 1.58 bits per heavy atom. The number of ether oxygens (including phenoxy) is 1. The number of allylic oxidation sites excluding steroid dienone is 2. The molecule has 74 heavy (non-hydrogen) atoms. The summed E-state index contributed by atoms with van der Waals surface area (Å²) < 4.78 is 6.48. The van der Waals surface area contributed by atoms with E-state index in [-0.39, 0.29) is 77.3 Å². The number of rotatable bonds is 15. The highest BCUT2D eigenvalue weighted by Gasteiger charge is 2.64. The van der Waals surface area contributed by atoms with Gasteiger partial charge < -0.3 is 30.7 Å². The molecule has 4 N–H and O–H groups in total. The van der Waals surface area contributed by atoms with E-state index in [1.807, 2.05) is 84.2 Å². The second-order valence-corrected chi connectivity index (χ2v) is 24.8. The van der Waals surface area contributed by atoms with Crippen molar-refractivity contribution in [3.05, 3.63) is 94.3 Å². The monoisotopic (exact) mass is 1010 g/mol. The zero-order chi connectivity index (χ0) is 53.1. The molecule has 15 nitrogen and oxygen atoms in total. The van der Waals surface area contributed by atoms with Crippen LogP contribution in [0.1, 0.15) is 133 Å². The molecule has 4 heterocycles. The van der Waals surface area contributed by atoms with Crippen LogP contribution in [0.2, 0.25) is 0 Å². The van der Waals surface area contributed by atoms with Gasteiger partial charge in [0.25, 0.3) is 5.91 Å². The minimum atomic E-state index is -0.808. The first-order chi connectivity index (χ1) is 35.0. The molecular weight excluding hydrogens is 931 g/mol. The van der Waals surface area contributed by atoms with Gasteiger partial charge in [-0.3, -0.25) is 34.0 Å². The van der Waals surface area contributed by atoms with Crippen molar-refractivity contribution < 1.29 is 29.0 Å². The summed E-state index contributed by atoms with van der Waals surface area (Å²) in [6.45, 7) is 25.6. The predicted octanol–water partition coefficient (Wildman–Crippen LogP) is 7.03. The minimum Gasteiger partial charge on any atom is -0.489 e. The summed E-state index contributed by atoms with van der Waals surface area (Å²) in [7, 11) is 0. The molecule has 9 rings (SSSR count). The average molecular weight is 1010 g/mol. The van der Waals surface area contributed by atoms with Gasteiger partial charge in [0.2, 0.25) is 11.8 Å². The topological polar surface area (TPSA) is 193 Å². The Morgan fingerprint density at radius 1 is 0.905 bits per heavy atom. The molecular formula is C59H77N9O6.